The zero-order valence-electron chi connectivity index (χ0n) is 15.3. The minimum atomic E-state index is 0.0687. The second kappa shape index (κ2) is 7.04. The molecule has 1 aliphatic carbocycles. The fraction of sp³-hybridized carbons (Fsp3) is 0.500. The fourth-order valence-electron chi connectivity index (χ4n) is 4.33. The maximum Gasteiger partial charge on any atom is 0.260 e. The molecule has 1 amide bonds. The number of carbonyl (C=O) groups excluding carboxylic acids is 1. The molecular weight excluding hydrogens is 380 g/mol. The minimum absolute atomic E-state index is 0.0687. The number of amides is 1. The van der Waals surface area contributed by atoms with Crippen LogP contribution in [0.4, 0.5) is 0 Å². The second-order valence-corrected chi connectivity index (χ2v) is 9.41. The Kier molecular flexibility index (Phi) is 4.53. The molecule has 2 aliphatic rings. The molecule has 2 aromatic heterocycles. The molecule has 1 aliphatic heterocycles. The van der Waals surface area contributed by atoms with Gasteiger partial charge in [0.2, 0.25) is 0 Å². The van der Waals surface area contributed by atoms with E-state index in [1.807, 2.05) is 17.9 Å². The molecular formula is C20H22N2O3S2. The summed E-state index contributed by atoms with van der Waals surface area (Å²) in [5, 5.41) is 4.15. The zero-order valence-corrected chi connectivity index (χ0v) is 16.9. The van der Waals surface area contributed by atoms with Gasteiger partial charge in [0.15, 0.2) is 6.61 Å². The standard InChI is InChI=1S/C20H22N2O3S2/c1-12-21-19-17(27-12)10-16(13-6-9-26-20(13)19)25-11-18(23)22-7-8-24-15-5-3-2-4-14(15)22/h6,9-10,14-15H,2-5,7-8,11H2,1H3. The molecule has 1 saturated carbocycles. The van der Waals surface area contributed by atoms with Crippen molar-refractivity contribution in [2.75, 3.05) is 19.8 Å². The molecule has 3 heterocycles. The third-order valence-electron chi connectivity index (χ3n) is 5.57. The number of nitrogens with zero attached hydrogens (tertiary/aromatic N) is 2. The molecule has 3 aromatic rings. The van der Waals surface area contributed by atoms with E-state index in [0.29, 0.717) is 13.2 Å². The molecule has 1 saturated heterocycles. The number of benzene rings is 1. The van der Waals surface area contributed by atoms with Crippen LogP contribution in [0.25, 0.3) is 20.3 Å². The quantitative estimate of drug-likeness (QED) is 0.653. The van der Waals surface area contributed by atoms with E-state index < -0.39 is 0 Å². The van der Waals surface area contributed by atoms with Crippen molar-refractivity contribution in [1.29, 1.82) is 0 Å². The highest BCUT2D eigenvalue weighted by atomic mass is 32.1. The summed E-state index contributed by atoms with van der Waals surface area (Å²) in [6.45, 7) is 3.41. The number of carbonyl (C=O) groups is 1. The van der Waals surface area contributed by atoms with Gasteiger partial charge in [-0.3, -0.25) is 4.79 Å². The molecule has 27 heavy (non-hydrogen) atoms. The highest BCUT2D eigenvalue weighted by Crippen LogP contribution is 2.39. The molecule has 2 atom stereocenters. The van der Waals surface area contributed by atoms with Gasteiger partial charge in [-0.1, -0.05) is 12.8 Å². The van der Waals surface area contributed by atoms with E-state index in [2.05, 4.69) is 16.4 Å². The average molecular weight is 403 g/mol. The van der Waals surface area contributed by atoms with Crippen molar-refractivity contribution < 1.29 is 14.3 Å². The predicted molar refractivity (Wildman–Crippen MR) is 109 cm³/mol. The van der Waals surface area contributed by atoms with E-state index in [0.717, 1.165) is 43.9 Å². The molecule has 2 fully saturated rings. The normalized spacial score (nSPS) is 22.9. The van der Waals surface area contributed by atoms with Crippen molar-refractivity contribution in [3.8, 4) is 5.75 Å². The Morgan fingerprint density at radius 1 is 1.41 bits per heavy atom. The number of thiazole rings is 1. The highest BCUT2D eigenvalue weighted by Gasteiger charge is 2.36. The van der Waals surface area contributed by atoms with Gasteiger partial charge in [-0.2, -0.15) is 0 Å². The SMILES string of the molecule is Cc1nc2c(cc(OCC(=O)N3CCOC4CCCCC43)c3ccsc32)s1. The summed E-state index contributed by atoms with van der Waals surface area (Å²) < 4.78 is 14.2. The van der Waals surface area contributed by atoms with Crippen molar-refractivity contribution in [1.82, 2.24) is 9.88 Å². The number of aromatic nitrogens is 1. The molecule has 0 radical (unpaired) electrons. The van der Waals surface area contributed by atoms with Gasteiger partial charge in [0.25, 0.3) is 5.91 Å². The lowest BCUT2D eigenvalue weighted by atomic mass is 9.90. The number of morpholine rings is 1. The topological polar surface area (TPSA) is 51.7 Å². The summed E-state index contributed by atoms with van der Waals surface area (Å²) in [5.74, 6) is 0.850. The lowest BCUT2D eigenvalue weighted by Crippen LogP contribution is -2.55. The lowest BCUT2D eigenvalue weighted by molar-refractivity contribution is -0.151. The van der Waals surface area contributed by atoms with Crippen LogP contribution in [0.2, 0.25) is 0 Å². The summed E-state index contributed by atoms with van der Waals surface area (Å²) >= 11 is 3.34. The Bertz CT molecular complexity index is 994. The number of aryl methyl sites for hydroxylation is 1. The molecule has 0 spiro atoms. The number of hydrogen-bond donors (Lipinski definition) is 0. The third-order valence-corrected chi connectivity index (χ3v) is 7.41. The van der Waals surface area contributed by atoms with Gasteiger partial charge in [0, 0.05) is 18.0 Å². The summed E-state index contributed by atoms with van der Waals surface area (Å²) in [6.07, 6.45) is 4.68. The molecule has 0 N–H and O–H groups in total. The van der Waals surface area contributed by atoms with Gasteiger partial charge in [-0.25, -0.2) is 4.98 Å². The second-order valence-electron chi connectivity index (χ2n) is 7.25. The first kappa shape index (κ1) is 17.4. The maximum absolute atomic E-state index is 12.9. The van der Waals surface area contributed by atoms with Crippen molar-refractivity contribution in [2.24, 2.45) is 0 Å². The number of thiophene rings is 1. The summed E-state index contributed by atoms with van der Waals surface area (Å²) in [5.41, 5.74) is 1.04. The highest BCUT2D eigenvalue weighted by molar-refractivity contribution is 7.21. The predicted octanol–water partition coefficient (Wildman–Crippen LogP) is 4.37. The minimum Gasteiger partial charge on any atom is -0.483 e. The summed E-state index contributed by atoms with van der Waals surface area (Å²) in [7, 11) is 0. The van der Waals surface area contributed by atoms with Gasteiger partial charge >= 0.3 is 0 Å². The van der Waals surface area contributed by atoms with Crippen LogP contribution in [0.5, 0.6) is 5.75 Å². The smallest absolute Gasteiger partial charge is 0.260 e. The molecule has 5 nitrogen and oxygen atoms in total. The third kappa shape index (κ3) is 3.11. The van der Waals surface area contributed by atoms with Crippen molar-refractivity contribution >= 4 is 48.9 Å². The summed E-state index contributed by atoms with van der Waals surface area (Å²) in [6, 6.07) is 4.31. The first-order valence-corrected chi connectivity index (χ1v) is 11.2. The molecule has 1 aromatic carbocycles. The van der Waals surface area contributed by atoms with Gasteiger partial charge < -0.3 is 14.4 Å². The molecule has 142 valence electrons. The lowest BCUT2D eigenvalue weighted by Gasteiger charge is -2.43. The van der Waals surface area contributed by atoms with Gasteiger partial charge in [-0.15, -0.1) is 22.7 Å². The first-order valence-electron chi connectivity index (χ1n) is 9.52. The number of fused-ring (bicyclic) bond motifs is 4. The van der Waals surface area contributed by atoms with Crippen LogP contribution in [0, 0.1) is 6.92 Å². The van der Waals surface area contributed by atoms with Gasteiger partial charge in [-0.05, 0) is 31.2 Å². The van der Waals surface area contributed by atoms with Crippen molar-refractivity contribution in [2.45, 2.75) is 44.8 Å². The van der Waals surface area contributed by atoms with E-state index >= 15 is 0 Å². The van der Waals surface area contributed by atoms with E-state index in [1.54, 1.807) is 22.7 Å². The van der Waals surface area contributed by atoms with Crippen LogP contribution < -0.4 is 4.74 Å². The Morgan fingerprint density at radius 3 is 3.22 bits per heavy atom. The number of ether oxygens (including phenoxy) is 2. The van der Waals surface area contributed by atoms with E-state index in [-0.39, 0.29) is 24.7 Å². The molecule has 2 unspecified atom stereocenters. The first-order chi connectivity index (χ1) is 13.2. The van der Waals surface area contributed by atoms with Crippen molar-refractivity contribution in [3.05, 3.63) is 22.5 Å². The van der Waals surface area contributed by atoms with Gasteiger partial charge in [0.05, 0.1) is 38.7 Å². The Morgan fingerprint density at radius 2 is 2.30 bits per heavy atom. The largest absolute Gasteiger partial charge is 0.483 e. The maximum atomic E-state index is 12.9. The van der Waals surface area contributed by atoms with E-state index in [4.69, 9.17) is 9.47 Å². The summed E-state index contributed by atoms with van der Waals surface area (Å²) in [4.78, 5) is 19.6. The van der Waals surface area contributed by atoms with Crippen LogP contribution in [-0.2, 0) is 9.53 Å². The van der Waals surface area contributed by atoms with Crippen LogP contribution in [0.1, 0.15) is 30.7 Å². The Labute approximate surface area is 165 Å². The average Bonchev–Trinajstić information content (AvgIpc) is 3.31. The molecule has 7 heteroatoms. The van der Waals surface area contributed by atoms with Crippen LogP contribution >= 0.6 is 22.7 Å². The molecule has 0 bridgehead atoms. The van der Waals surface area contributed by atoms with Crippen LogP contribution in [0.15, 0.2) is 17.5 Å². The zero-order chi connectivity index (χ0) is 18.4. The Balaban J connectivity index is 1.37. The van der Waals surface area contributed by atoms with Crippen LogP contribution in [-0.4, -0.2) is 47.7 Å². The van der Waals surface area contributed by atoms with E-state index in [1.165, 1.54) is 12.8 Å². The van der Waals surface area contributed by atoms with Gasteiger partial charge in [0.1, 0.15) is 5.75 Å². The number of hydrogen-bond acceptors (Lipinski definition) is 6. The van der Waals surface area contributed by atoms with E-state index in [9.17, 15) is 4.79 Å². The number of rotatable bonds is 3. The van der Waals surface area contributed by atoms with Crippen LogP contribution in [0.3, 0.4) is 0 Å². The Hall–Kier alpha value is -1.70. The monoisotopic (exact) mass is 402 g/mol. The fourth-order valence-corrected chi connectivity index (χ4v) is 6.17. The molecule has 5 rings (SSSR count). The van der Waals surface area contributed by atoms with Crippen molar-refractivity contribution in [3.63, 3.8) is 0 Å².